The highest BCUT2D eigenvalue weighted by molar-refractivity contribution is 7.12. The lowest BCUT2D eigenvalue weighted by molar-refractivity contribution is -0.122. The van der Waals surface area contributed by atoms with Crippen LogP contribution in [0.3, 0.4) is 0 Å². The molecule has 2 rings (SSSR count). The first-order valence-corrected chi connectivity index (χ1v) is 9.27. The summed E-state index contributed by atoms with van der Waals surface area (Å²) in [5.41, 5.74) is 5.37. The van der Waals surface area contributed by atoms with Crippen molar-refractivity contribution in [2.75, 3.05) is 13.2 Å². The van der Waals surface area contributed by atoms with Crippen LogP contribution in [0.25, 0.3) is 0 Å². The van der Waals surface area contributed by atoms with Gasteiger partial charge < -0.3 is 25.5 Å². The summed E-state index contributed by atoms with van der Waals surface area (Å²) in [7, 11) is -1.08. The van der Waals surface area contributed by atoms with Crippen molar-refractivity contribution in [3.05, 3.63) is 21.9 Å². The van der Waals surface area contributed by atoms with Crippen LogP contribution in [0.1, 0.15) is 35.9 Å². The molecule has 0 spiro atoms. The average molecular weight is 368 g/mol. The van der Waals surface area contributed by atoms with Gasteiger partial charge in [0.2, 0.25) is 5.91 Å². The zero-order valence-electron chi connectivity index (χ0n) is 14.4. The van der Waals surface area contributed by atoms with Crippen LogP contribution in [0.4, 0.5) is 0 Å². The molecule has 138 valence electrons. The summed E-state index contributed by atoms with van der Waals surface area (Å²) < 4.78 is 10.8. The standard InChI is InChI=1S/C16H25BN2O5S/c1-11(20)8-12-2-5-15(17(22)24-12)19-16(21)9-13-3-4-14(25-13)10-23-7-6-18/h3-4,12,15,22H,2,5-10,18H2,1H3,(H,19,21)/t12-,15-/m0/s1. The smallest absolute Gasteiger partial charge is 0.426 e. The fraction of sp³-hybridized carbons (Fsp3) is 0.625. The molecule has 1 aromatic rings. The Hall–Kier alpha value is -1.26. The highest BCUT2D eigenvalue weighted by Gasteiger charge is 2.36. The van der Waals surface area contributed by atoms with E-state index in [4.69, 9.17) is 15.1 Å². The van der Waals surface area contributed by atoms with E-state index >= 15 is 0 Å². The van der Waals surface area contributed by atoms with Gasteiger partial charge in [0.05, 0.1) is 25.6 Å². The van der Waals surface area contributed by atoms with Crippen molar-refractivity contribution in [1.29, 1.82) is 0 Å². The van der Waals surface area contributed by atoms with Gasteiger partial charge in [0, 0.05) is 28.8 Å². The molecule has 1 amide bonds. The number of Topliss-reactive ketones (excluding diaryl/α,β-unsaturated/α-hetero) is 1. The van der Waals surface area contributed by atoms with Crippen LogP contribution < -0.4 is 11.1 Å². The second kappa shape index (κ2) is 10.0. The van der Waals surface area contributed by atoms with Gasteiger partial charge >= 0.3 is 7.12 Å². The first-order valence-electron chi connectivity index (χ1n) is 8.45. The SMILES string of the molecule is CC(=O)C[C@@H]1CC[C@H](NC(=O)Cc2ccc(COCCN)s2)B(O)O1. The Morgan fingerprint density at radius 3 is 2.88 bits per heavy atom. The minimum absolute atomic E-state index is 0.0311. The summed E-state index contributed by atoms with van der Waals surface area (Å²) in [6, 6.07) is 3.84. The molecule has 0 aromatic carbocycles. The fourth-order valence-electron chi connectivity index (χ4n) is 2.75. The molecule has 1 fully saturated rings. The number of rotatable bonds is 9. The zero-order valence-corrected chi connectivity index (χ0v) is 15.2. The molecule has 4 N–H and O–H groups in total. The normalized spacial score (nSPS) is 20.5. The first-order chi connectivity index (χ1) is 12.0. The molecule has 0 bridgehead atoms. The Kier molecular flexibility index (Phi) is 8.05. The topological polar surface area (TPSA) is 111 Å². The van der Waals surface area contributed by atoms with Gasteiger partial charge in [-0.25, -0.2) is 0 Å². The van der Waals surface area contributed by atoms with Crippen molar-refractivity contribution in [1.82, 2.24) is 5.32 Å². The third-order valence-corrected chi connectivity index (χ3v) is 4.95. The molecular weight excluding hydrogens is 343 g/mol. The molecule has 0 radical (unpaired) electrons. The highest BCUT2D eigenvalue weighted by Crippen LogP contribution is 2.20. The van der Waals surface area contributed by atoms with Crippen LogP contribution >= 0.6 is 11.3 Å². The van der Waals surface area contributed by atoms with Gasteiger partial charge in [-0.15, -0.1) is 11.3 Å². The number of carbonyl (C=O) groups is 2. The molecule has 0 aliphatic carbocycles. The van der Waals surface area contributed by atoms with E-state index in [2.05, 4.69) is 5.32 Å². The minimum Gasteiger partial charge on any atom is -0.426 e. The summed E-state index contributed by atoms with van der Waals surface area (Å²) in [6.45, 7) is 2.99. The number of thiophene rings is 1. The summed E-state index contributed by atoms with van der Waals surface area (Å²) in [5.74, 6) is -0.569. The highest BCUT2D eigenvalue weighted by atomic mass is 32.1. The van der Waals surface area contributed by atoms with E-state index in [1.54, 1.807) is 0 Å². The van der Waals surface area contributed by atoms with E-state index in [1.165, 1.54) is 18.3 Å². The molecular formula is C16H25BN2O5S. The number of amides is 1. The number of nitrogens with one attached hydrogen (secondary N) is 1. The van der Waals surface area contributed by atoms with Gasteiger partial charge in [-0.3, -0.25) is 9.59 Å². The molecule has 1 aliphatic heterocycles. The van der Waals surface area contributed by atoms with E-state index in [0.29, 0.717) is 39.0 Å². The molecule has 25 heavy (non-hydrogen) atoms. The molecule has 2 heterocycles. The number of carbonyl (C=O) groups excluding carboxylic acids is 2. The van der Waals surface area contributed by atoms with Crippen molar-refractivity contribution >= 4 is 30.1 Å². The Morgan fingerprint density at radius 1 is 1.44 bits per heavy atom. The average Bonchev–Trinajstić information content (AvgIpc) is 2.97. The monoisotopic (exact) mass is 368 g/mol. The van der Waals surface area contributed by atoms with Crippen molar-refractivity contribution < 1.29 is 24.0 Å². The lowest BCUT2D eigenvalue weighted by atomic mass is 9.72. The maximum atomic E-state index is 12.2. The predicted octanol–water partition coefficient (Wildman–Crippen LogP) is 0.429. The van der Waals surface area contributed by atoms with E-state index in [0.717, 1.165) is 9.75 Å². The third kappa shape index (κ3) is 6.87. The van der Waals surface area contributed by atoms with Crippen LogP contribution in [0.5, 0.6) is 0 Å². The zero-order chi connectivity index (χ0) is 18.2. The number of nitrogens with two attached hydrogens (primary N) is 1. The largest absolute Gasteiger partial charge is 0.478 e. The summed E-state index contributed by atoms with van der Waals surface area (Å²) in [5, 5.41) is 12.8. The summed E-state index contributed by atoms with van der Waals surface area (Å²) in [6.07, 6.45) is 1.51. The van der Waals surface area contributed by atoms with Crippen LogP contribution in [0.2, 0.25) is 0 Å². The Labute approximate surface area is 152 Å². The number of ether oxygens (including phenoxy) is 1. The van der Waals surface area contributed by atoms with Crippen molar-refractivity contribution in [3.63, 3.8) is 0 Å². The van der Waals surface area contributed by atoms with E-state index < -0.39 is 13.1 Å². The molecule has 0 unspecified atom stereocenters. The summed E-state index contributed by atoms with van der Waals surface area (Å²) in [4.78, 5) is 25.3. The molecule has 1 aromatic heterocycles. The van der Waals surface area contributed by atoms with E-state index in [9.17, 15) is 14.6 Å². The van der Waals surface area contributed by atoms with Crippen molar-refractivity contribution in [2.24, 2.45) is 5.73 Å². The molecule has 2 atom stereocenters. The second-order valence-corrected chi connectivity index (χ2v) is 7.45. The molecule has 1 aliphatic rings. The van der Waals surface area contributed by atoms with Gasteiger partial charge in [0.25, 0.3) is 0 Å². The molecule has 1 saturated heterocycles. The van der Waals surface area contributed by atoms with Crippen molar-refractivity contribution in [2.45, 2.75) is 51.3 Å². The van der Waals surface area contributed by atoms with Crippen LogP contribution in [0.15, 0.2) is 12.1 Å². The lowest BCUT2D eigenvalue weighted by Crippen LogP contribution is -2.53. The van der Waals surface area contributed by atoms with Gasteiger partial charge in [0.15, 0.2) is 0 Å². The Morgan fingerprint density at radius 2 is 2.20 bits per heavy atom. The second-order valence-electron chi connectivity index (χ2n) is 6.19. The first kappa shape index (κ1) is 20.1. The Balaban J connectivity index is 1.76. The van der Waals surface area contributed by atoms with Gasteiger partial charge in [0.1, 0.15) is 5.78 Å². The fourth-order valence-corrected chi connectivity index (χ4v) is 3.70. The van der Waals surface area contributed by atoms with Gasteiger partial charge in [-0.2, -0.15) is 0 Å². The Bertz CT molecular complexity index is 583. The number of ketones is 1. The third-order valence-electron chi connectivity index (χ3n) is 3.90. The molecule has 9 heteroatoms. The van der Waals surface area contributed by atoms with E-state index in [-0.39, 0.29) is 24.2 Å². The van der Waals surface area contributed by atoms with E-state index in [1.807, 2.05) is 12.1 Å². The minimum atomic E-state index is -1.08. The van der Waals surface area contributed by atoms with Crippen LogP contribution in [0, 0.1) is 0 Å². The maximum absolute atomic E-state index is 12.2. The van der Waals surface area contributed by atoms with Crippen LogP contribution in [-0.4, -0.2) is 49.0 Å². The molecule has 7 nitrogen and oxygen atoms in total. The quantitative estimate of drug-likeness (QED) is 0.431. The maximum Gasteiger partial charge on any atom is 0.478 e. The number of hydrogen-bond acceptors (Lipinski definition) is 7. The number of hydrogen-bond donors (Lipinski definition) is 3. The molecule has 0 saturated carbocycles. The summed E-state index contributed by atoms with van der Waals surface area (Å²) >= 11 is 1.52. The van der Waals surface area contributed by atoms with Gasteiger partial charge in [-0.1, -0.05) is 0 Å². The van der Waals surface area contributed by atoms with Gasteiger partial charge in [-0.05, 0) is 31.9 Å². The van der Waals surface area contributed by atoms with Crippen molar-refractivity contribution in [3.8, 4) is 0 Å². The lowest BCUT2D eigenvalue weighted by Gasteiger charge is -2.31. The predicted molar refractivity (Wildman–Crippen MR) is 96.0 cm³/mol. The van der Waals surface area contributed by atoms with Crippen LogP contribution in [-0.2, 0) is 32.0 Å².